The zero-order valence-electron chi connectivity index (χ0n) is 18.8. The second-order valence-corrected chi connectivity index (χ2v) is 8.52. The number of hydrogen-bond acceptors (Lipinski definition) is 6. The van der Waals surface area contributed by atoms with Crippen molar-refractivity contribution in [2.24, 2.45) is 11.7 Å². The molecule has 3 amide bonds. The molecule has 1 aromatic rings. The van der Waals surface area contributed by atoms with Gasteiger partial charge >= 0.3 is 12.1 Å². The number of esters is 1. The van der Waals surface area contributed by atoms with Crippen molar-refractivity contribution in [3.8, 4) is 0 Å². The first kappa shape index (κ1) is 25.9. The normalized spacial score (nSPS) is 13.1. The zero-order chi connectivity index (χ0) is 23.6. The van der Waals surface area contributed by atoms with E-state index in [0.717, 1.165) is 5.56 Å². The summed E-state index contributed by atoms with van der Waals surface area (Å²) in [6.45, 7) is 8.71. The molecule has 0 saturated carbocycles. The molecule has 0 unspecified atom stereocenters. The summed E-state index contributed by atoms with van der Waals surface area (Å²) < 4.78 is 10.4. The summed E-state index contributed by atoms with van der Waals surface area (Å²) in [7, 11) is 0. The Morgan fingerprint density at radius 1 is 1.03 bits per heavy atom. The molecule has 1 rings (SSSR count). The van der Waals surface area contributed by atoms with Crippen LogP contribution in [0.1, 0.15) is 53.0 Å². The summed E-state index contributed by atoms with van der Waals surface area (Å²) >= 11 is 0. The van der Waals surface area contributed by atoms with Crippen molar-refractivity contribution in [3.05, 3.63) is 35.9 Å². The van der Waals surface area contributed by atoms with E-state index in [1.165, 1.54) is 0 Å². The number of hydrogen-bond donors (Lipinski definition) is 3. The largest absolute Gasteiger partial charge is 0.461 e. The Hall–Kier alpha value is -3.10. The van der Waals surface area contributed by atoms with Gasteiger partial charge in [0.05, 0.1) is 0 Å². The third-order valence-electron chi connectivity index (χ3n) is 4.16. The standard InChI is InChI=1S/C22H33N3O6/c1-14(2)18(25-21(29)31-22(3,4)5)20(28)24-16(19(23)27)11-12-17(26)30-13-15-9-7-6-8-10-15/h6-10,14,16,18H,11-13H2,1-5H3,(H2,23,27)(H,24,28)(H,25,29)/t16-,18+/m1/s1. The highest BCUT2D eigenvalue weighted by Gasteiger charge is 2.30. The number of carbonyl (C=O) groups is 4. The molecule has 0 radical (unpaired) electrons. The fourth-order valence-corrected chi connectivity index (χ4v) is 2.59. The van der Waals surface area contributed by atoms with E-state index in [1.807, 2.05) is 30.3 Å². The molecule has 172 valence electrons. The predicted molar refractivity (Wildman–Crippen MR) is 115 cm³/mol. The maximum absolute atomic E-state index is 12.7. The van der Waals surface area contributed by atoms with Crippen molar-refractivity contribution in [3.63, 3.8) is 0 Å². The lowest BCUT2D eigenvalue weighted by Gasteiger charge is -2.26. The van der Waals surface area contributed by atoms with Crippen LogP contribution >= 0.6 is 0 Å². The summed E-state index contributed by atoms with van der Waals surface area (Å²) in [4.78, 5) is 48.4. The lowest BCUT2D eigenvalue weighted by Crippen LogP contribution is -2.55. The highest BCUT2D eigenvalue weighted by molar-refractivity contribution is 5.91. The van der Waals surface area contributed by atoms with Crippen molar-refractivity contribution in [1.82, 2.24) is 10.6 Å². The molecular weight excluding hydrogens is 402 g/mol. The summed E-state index contributed by atoms with van der Waals surface area (Å²) in [6.07, 6.45) is -0.875. The Kier molecular flexibility index (Phi) is 9.98. The number of carbonyl (C=O) groups excluding carboxylic acids is 4. The van der Waals surface area contributed by atoms with Crippen LogP contribution in [0.25, 0.3) is 0 Å². The monoisotopic (exact) mass is 435 g/mol. The maximum Gasteiger partial charge on any atom is 0.408 e. The average molecular weight is 436 g/mol. The summed E-state index contributed by atoms with van der Waals surface area (Å²) in [5.41, 5.74) is 5.49. The lowest BCUT2D eigenvalue weighted by atomic mass is 10.0. The van der Waals surface area contributed by atoms with E-state index >= 15 is 0 Å². The van der Waals surface area contributed by atoms with Crippen molar-refractivity contribution in [2.45, 2.75) is 71.8 Å². The molecule has 9 heteroatoms. The van der Waals surface area contributed by atoms with Crippen LogP contribution in [0.3, 0.4) is 0 Å². The van der Waals surface area contributed by atoms with Crippen LogP contribution in [0.5, 0.6) is 0 Å². The van der Waals surface area contributed by atoms with Crippen LogP contribution in [0, 0.1) is 5.92 Å². The van der Waals surface area contributed by atoms with Crippen LogP contribution in [0.2, 0.25) is 0 Å². The number of nitrogens with one attached hydrogen (secondary N) is 2. The molecule has 31 heavy (non-hydrogen) atoms. The third kappa shape index (κ3) is 10.5. The Morgan fingerprint density at radius 3 is 2.16 bits per heavy atom. The molecule has 0 fully saturated rings. The van der Waals surface area contributed by atoms with Gasteiger partial charge in [0.25, 0.3) is 0 Å². The summed E-state index contributed by atoms with van der Waals surface area (Å²) in [6, 6.07) is 7.14. The number of rotatable bonds is 10. The minimum absolute atomic E-state index is 0.0219. The van der Waals surface area contributed by atoms with E-state index in [4.69, 9.17) is 15.2 Å². The number of ether oxygens (including phenoxy) is 2. The van der Waals surface area contributed by atoms with E-state index in [-0.39, 0.29) is 25.4 Å². The highest BCUT2D eigenvalue weighted by atomic mass is 16.6. The van der Waals surface area contributed by atoms with Gasteiger partial charge in [-0.15, -0.1) is 0 Å². The van der Waals surface area contributed by atoms with Gasteiger partial charge in [-0.2, -0.15) is 0 Å². The first-order valence-electron chi connectivity index (χ1n) is 10.2. The zero-order valence-corrected chi connectivity index (χ0v) is 18.8. The van der Waals surface area contributed by atoms with Crippen molar-refractivity contribution in [1.29, 1.82) is 0 Å². The quantitative estimate of drug-likeness (QED) is 0.481. The van der Waals surface area contributed by atoms with Gasteiger partial charge in [0.15, 0.2) is 0 Å². The van der Waals surface area contributed by atoms with Crippen LogP contribution in [0.4, 0.5) is 4.79 Å². The predicted octanol–water partition coefficient (Wildman–Crippen LogP) is 2.03. The van der Waals surface area contributed by atoms with E-state index in [1.54, 1.807) is 34.6 Å². The lowest BCUT2D eigenvalue weighted by molar-refractivity contribution is -0.145. The smallest absolute Gasteiger partial charge is 0.408 e. The third-order valence-corrected chi connectivity index (χ3v) is 4.16. The van der Waals surface area contributed by atoms with Gasteiger partial charge < -0.3 is 25.8 Å². The van der Waals surface area contributed by atoms with Crippen molar-refractivity contribution >= 4 is 23.9 Å². The molecule has 4 N–H and O–H groups in total. The van der Waals surface area contributed by atoms with Crippen LogP contribution < -0.4 is 16.4 Å². The van der Waals surface area contributed by atoms with Gasteiger partial charge in [0.1, 0.15) is 24.3 Å². The SMILES string of the molecule is CC(C)[C@H](NC(=O)OC(C)(C)C)C(=O)N[C@H](CCC(=O)OCc1ccccc1)C(N)=O. The Balaban J connectivity index is 2.62. The first-order valence-corrected chi connectivity index (χ1v) is 10.2. The molecule has 0 bridgehead atoms. The van der Waals surface area contributed by atoms with E-state index < -0.39 is 41.6 Å². The number of amides is 3. The second-order valence-electron chi connectivity index (χ2n) is 8.52. The van der Waals surface area contributed by atoms with Gasteiger partial charge in [0, 0.05) is 6.42 Å². The van der Waals surface area contributed by atoms with Crippen molar-refractivity contribution < 1.29 is 28.7 Å². The second kappa shape index (κ2) is 11.9. The molecule has 0 saturated heterocycles. The minimum atomic E-state index is -1.08. The summed E-state index contributed by atoms with van der Waals surface area (Å²) in [5.74, 6) is -2.18. The number of benzene rings is 1. The molecule has 0 spiro atoms. The topological polar surface area (TPSA) is 137 Å². The average Bonchev–Trinajstić information content (AvgIpc) is 2.66. The van der Waals surface area contributed by atoms with Gasteiger partial charge in [-0.3, -0.25) is 14.4 Å². The molecule has 2 atom stereocenters. The number of primary amides is 1. The van der Waals surface area contributed by atoms with Gasteiger partial charge in [-0.05, 0) is 38.7 Å². The molecule has 1 aromatic carbocycles. The summed E-state index contributed by atoms with van der Waals surface area (Å²) in [5, 5.41) is 5.01. The molecule has 0 heterocycles. The van der Waals surface area contributed by atoms with E-state index in [0.29, 0.717) is 0 Å². The fraction of sp³-hybridized carbons (Fsp3) is 0.545. The molecule has 0 aliphatic heterocycles. The van der Waals surface area contributed by atoms with Crippen molar-refractivity contribution in [2.75, 3.05) is 0 Å². The van der Waals surface area contributed by atoms with Crippen LogP contribution in [-0.2, 0) is 30.5 Å². The number of alkyl carbamates (subject to hydrolysis) is 1. The molecule has 0 aliphatic carbocycles. The number of nitrogens with two attached hydrogens (primary N) is 1. The molecule has 9 nitrogen and oxygen atoms in total. The first-order chi connectivity index (χ1) is 14.4. The van der Waals surface area contributed by atoms with Crippen LogP contribution in [-0.4, -0.2) is 41.6 Å². The minimum Gasteiger partial charge on any atom is -0.461 e. The Morgan fingerprint density at radius 2 is 1.65 bits per heavy atom. The van der Waals surface area contributed by atoms with Gasteiger partial charge in [-0.1, -0.05) is 44.2 Å². The van der Waals surface area contributed by atoms with Gasteiger partial charge in [-0.25, -0.2) is 4.79 Å². The molecular formula is C22H33N3O6. The van der Waals surface area contributed by atoms with E-state index in [2.05, 4.69) is 10.6 Å². The van der Waals surface area contributed by atoms with Gasteiger partial charge in [0.2, 0.25) is 11.8 Å². The van der Waals surface area contributed by atoms with Crippen LogP contribution in [0.15, 0.2) is 30.3 Å². The maximum atomic E-state index is 12.7. The Labute approximate surface area is 183 Å². The highest BCUT2D eigenvalue weighted by Crippen LogP contribution is 2.10. The molecule has 0 aliphatic rings. The Bertz CT molecular complexity index is 758. The van der Waals surface area contributed by atoms with E-state index in [9.17, 15) is 19.2 Å². The molecule has 0 aromatic heterocycles. The fourth-order valence-electron chi connectivity index (χ4n) is 2.59.